The number of esters is 3. The quantitative estimate of drug-likeness (QED) is 0.222. The molecule has 0 aromatic carbocycles. The molecule has 0 spiro atoms. The Hall–Kier alpha value is -2.49. The lowest BCUT2D eigenvalue weighted by molar-refractivity contribution is -0.387. The lowest BCUT2D eigenvalue weighted by Crippen LogP contribution is -2.35. The van der Waals surface area contributed by atoms with Gasteiger partial charge in [0.05, 0.1) is 0 Å². The number of hydrogen-bond acceptors (Lipinski definition) is 9. The van der Waals surface area contributed by atoms with Gasteiger partial charge < -0.3 is 14.2 Å². The van der Waals surface area contributed by atoms with Crippen molar-refractivity contribution < 1.29 is 42.8 Å². The molecule has 25 heavy (non-hydrogen) atoms. The molecule has 9 nitrogen and oxygen atoms in total. The fourth-order valence-electron chi connectivity index (χ4n) is 1.28. The maximum atomic E-state index is 11.2. The highest BCUT2D eigenvalue weighted by Crippen LogP contribution is 2.12. The fourth-order valence-corrected chi connectivity index (χ4v) is 1.28. The normalized spacial score (nSPS) is 15.0. The van der Waals surface area contributed by atoms with Crippen molar-refractivity contribution in [3.05, 3.63) is 38.0 Å². The first-order valence-corrected chi connectivity index (χ1v) is 7.17. The van der Waals surface area contributed by atoms with Gasteiger partial charge in [0.1, 0.15) is 0 Å². The molecule has 0 rings (SSSR count). The van der Waals surface area contributed by atoms with Gasteiger partial charge in [-0.25, -0.2) is 14.4 Å². The summed E-state index contributed by atoms with van der Waals surface area (Å²) < 4.78 is 30.1. The molecule has 3 unspecified atom stereocenters. The van der Waals surface area contributed by atoms with Gasteiger partial charge in [-0.15, -0.1) is 0 Å². The van der Waals surface area contributed by atoms with E-state index in [-0.39, 0.29) is 0 Å². The molecule has 0 amide bonds. The van der Waals surface area contributed by atoms with E-state index in [2.05, 4.69) is 19.7 Å². The Morgan fingerprint density at radius 1 is 0.640 bits per heavy atom. The molecule has 0 saturated heterocycles. The van der Waals surface area contributed by atoms with E-state index in [1.807, 2.05) is 0 Å². The Labute approximate surface area is 145 Å². The van der Waals surface area contributed by atoms with Crippen molar-refractivity contribution in [1.29, 1.82) is 0 Å². The Kier molecular flexibility index (Phi) is 10.8. The predicted octanol–water partition coefficient (Wildman–Crippen LogP) is 1.55. The van der Waals surface area contributed by atoms with Gasteiger partial charge in [0.25, 0.3) is 6.48 Å². The van der Waals surface area contributed by atoms with Crippen LogP contribution in [0.15, 0.2) is 38.0 Å². The van der Waals surface area contributed by atoms with E-state index >= 15 is 0 Å². The fraction of sp³-hybridized carbons (Fsp3) is 0.438. The van der Waals surface area contributed by atoms with Gasteiger partial charge in [0.15, 0.2) is 0 Å². The highest BCUT2D eigenvalue weighted by Gasteiger charge is 2.24. The van der Waals surface area contributed by atoms with Crippen LogP contribution in [0.25, 0.3) is 0 Å². The molecule has 140 valence electrons. The topological polar surface area (TPSA) is 107 Å². The number of hydrogen-bond donors (Lipinski definition) is 0. The molecule has 0 heterocycles. The SMILES string of the molecule is C=CC(=O)OC(C)OC(OC(C)OC(=O)C=C)OC(C)OC(=O)C=C. The zero-order chi connectivity index (χ0) is 19.4. The van der Waals surface area contributed by atoms with Gasteiger partial charge in [0, 0.05) is 18.2 Å². The van der Waals surface area contributed by atoms with Crippen LogP contribution < -0.4 is 0 Å². The Morgan fingerprint density at radius 3 is 1.08 bits per heavy atom. The molecular weight excluding hydrogens is 336 g/mol. The number of carbonyl (C=O) groups excluding carboxylic acids is 3. The summed E-state index contributed by atoms with van der Waals surface area (Å²) >= 11 is 0. The molecule has 0 aliphatic carbocycles. The van der Waals surface area contributed by atoms with E-state index in [0.717, 1.165) is 18.2 Å². The highest BCUT2D eigenvalue weighted by atomic mass is 16.9. The third-order valence-corrected chi connectivity index (χ3v) is 2.25. The van der Waals surface area contributed by atoms with Gasteiger partial charge in [-0.3, -0.25) is 14.2 Å². The van der Waals surface area contributed by atoms with Gasteiger partial charge in [-0.05, 0) is 20.8 Å². The van der Waals surface area contributed by atoms with Crippen LogP contribution in [0, 0.1) is 0 Å². The summed E-state index contributed by atoms with van der Waals surface area (Å²) in [6.07, 6.45) is -0.459. The monoisotopic (exact) mass is 358 g/mol. The van der Waals surface area contributed by atoms with Gasteiger partial charge in [0.2, 0.25) is 18.9 Å². The number of ether oxygens (including phenoxy) is 6. The van der Waals surface area contributed by atoms with Gasteiger partial charge >= 0.3 is 17.9 Å². The molecule has 0 aliphatic heterocycles. The average molecular weight is 358 g/mol. The van der Waals surface area contributed by atoms with E-state index in [4.69, 9.17) is 28.4 Å². The minimum Gasteiger partial charge on any atom is -0.433 e. The molecule has 0 aromatic rings. The molecule has 0 aromatic heterocycles. The van der Waals surface area contributed by atoms with Crippen molar-refractivity contribution in [2.45, 2.75) is 46.1 Å². The second kappa shape index (κ2) is 12.0. The zero-order valence-electron chi connectivity index (χ0n) is 14.3. The molecular formula is C16H22O9. The minimum atomic E-state index is -1.49. The van der Waals surface area contributed by atoms with E-state index in [1.165, 1.54) is 20.8 Å². The highest BCUT2D eigenvalue weighted by molar-refractivity contribution is 5.81. The van der Waals surface area contributed by atoms with Crippen molar-refractivity contribution in [2.75, 3.05) is 0 Å². The van der Waals surface area contributed by atoms with Gasteiger partial charge in [-0.1, -0.05) is 19.7 Å². The summed E-state index contributed by atoms with van der Waals surface area (Å²) in [6.45, 7) is 12.4. The van der Waals surface area contributed by atoms with Crippen LogP contribution in [-0.4, -0.2) is 43.3 Å². The van der Waals surface area contributed by atoms with Crippen LogP contribution >= 0.6 is 0 Å². The van der Waals surface area contributed by atoms with E-state index in [0.29, 0.717) is 0 Å². The second-order valence-electron chi connectivity index (χ2n) is 4.32. The van der Waals surface area contributed by atoms with Crippen LogP contribution in [-0.2, 0) is 42.8 Å². The van der Waals surface area contributed by atoms with Crippen LogP contribution in [0.4, 0.5) is 0 Å². The van der Waals surface area contributed by atoms with E-state index < -0.39 is 43.3 Å². The summed E-state index contributed by atoms with van der Waals surface area (Å²) in [5.41, 5.74) is 0. The second-order valence-corrected chi connectivity index (χ2v) is 4.32. The van der Waals surface area contributed by atoms with Gasteiger partial charge in [-0.2, -0.15) is 0 Å². The Balaban J connectivity index is 4.83. The predicted molar refractivity (Wildman–Crippen MR) is 84.3 cm³/mol. The molecule has 0 N–H and O–H groups in total. The van der Waals surface area contributed by atoms with Crippen molar-refractivity contribution >= 4 is 17.9 Å². The van der Waals surface area contributed by atoms with Crippen molar-refractivity contribution in [2.24, 2.45) is 0 Å². The van der Waals surface area contributed by atoms with Crippen LogP contribution in [0.2, 0.25) is 0 Å². The number of carbonyl (C=O) groups is 3. The smallest absolute Gasteiger partial charge is 0.332 e. The molecule has 3 atom stereocenters. The average Bonchev–Trinajstić information content (AvgIpc) is 2.53. The maximum Gasteiger partial charge on any atom is 0.332 e. The first-order chi connectivity index (χ1) is 11.7. The third kappa shape index (κ3) is 10.8. The van der Waals surface area contributed by atoms with E-state index in [9.17, 15) is 14.4 Å². The Morgan fingerprint density at radius 2 is 0.880 bits per heavy atom. The molecule has 9 heteroatoms. The minimum absolute atomic E-state index is 0.733. The van der Waals surface area contributed by atoms with Crippen LogP contribution in [0.3, 0.4) is 0 Å². The first-order valence-electron chi connectivity index (χ1n) is 7.17. The molecule has 0 bridgehead atoms. The molecule has 0 fully saturated rings. The van der Waals surface area contributed by atoms with Crippen molar-refractivity contribution in [1.82, 2.24) is 0 Å². The van der Waals surface area contributed by atoms with Crippen molar-refractivity contribution in [3.63, 3.8) is 0 Å². The third-order valence-electron chi connectivity index (χ3n) is 2.25. The van der Waals surface area contributed by atoms with Crippen LogP contribution in [0.5, 0.6) is 0 Å². The molecule has 0 radical (unpaired) electrons. The summed E-state index contributed by atoms with van der Waals surface area (Å²) in [4.78, 5) is 33.5. The molecule has 0 saturated carbocycles. The number of rotatable bonds is 12. The van der Waals surface area contributed by atoms with Crippen LogP contribution in [0.1, 0.15) is 20.8 Å². The summed E-state index contributed by atoms with van der Waals surface area (Å²) in [6, 6.07) is 0. The lowest BCUT2D eigenvalue weighted by Gasteiger charge is -2.26. The lowest BCUT2D eigenvalue weighted by atomic mass is 10.6. The van der Waals surface area contributed by atoms with Crippen molar-refractivity contribution in [3.8, 4) is 0 Å². The zero-order valence-corrected chi connectivity index (χ0v) is 14.3. The maximum absolute atomic E-state index is 11.2. The standard InChI is InChI=1S/C16H22O9/c1-7-13(17)20-10(4)23-16(24-11(5)21-14(18)8-2)25-12(6)22-15(19)9-3/h7-12,16H,1-3H2,4-6H3. The first kappa shape index (κ1) is 22.5. The summed E-state index contributed by atoms with van der Waals surface area (Å²) in [5, 5.41) is 0. The molecule has 0 aliphatic rings. The summed E-state index contributed by atoms with van der Waals surface area (Å²) in [7, 11) is 0. The largest absolute Gasteiger partial charge is 0.433 e. The summed E-state index contributed by atoms with van der Waals surface area (Å²) in [5.74, 6) is -2.20. The van der Waals surface area contributed by atoms with E-state index in [1.54, 1.807) is 0 Å². The Bertz CT molecular complexity index is 429.